The predicted molar refractivity (Wildman–Crippen MR) is 21.0 cm³/mol. The van der Waals surface area contributed by atoms with Gasteiger partial charge in [-0.2, -0.15) is 21.6 Å². The Kier molecular flexibility index (Phi) is 2.24. The second-order valence-corrected chi connectivity index (χ2v) is 2.70. The summed E-state index contributed by atoms with van der Waals surface area (Å²) >= 11 is 0. The molecule has 0 aromatic rings. The van der Waals surface area contributed by atoms with Gasteiger partial charge in [0.1, 0.15) is 0 Å². The van der Waals surface area contributed by atoms with Crippen LogP contribution in [0.5, 0.6) is 0 Å². The van der Waals surface area contributed by atoms with Crippen LogP contribution >= 0.6 is 0 Å². The van der Waals surface area contributed by atoms with Crippen molar-refractivity contribution in [3.63, 3.8) is 0 Å². The number of hydrogen-bond acceptors (Lipinski definition) is 2. The van der Waals surface area contributed by atoms with E-state index in [0.29, 0.717) is 0 Å². The first kappa shape index (κ1) is 9.60. The topological polar surface area (TPSA) is 34.1 Å². The molecule has 0 aromatic heterocycles. The second-order valence-electron chi connectivity index (χ2n) is 1.33. The fraction of sp³-hybridized carbons (Fsp3) is 1.00. The number of alkyl halides is 4. The van der Waals surface area contributed by atoms with Gasteiger partial charge in [0.25, 0.3) is 0 Å². The van der Waals surface area contributed by atoms with Gasteiger partial charge in [-0.3, -0.25) is 0 Å². The van der Waals surface area contributed by atoms with Crippen molar-refractivity contribution in [2.75, 3.05) is 0 Å². The van der Waals surface area contributed by atoms with Crippen LogP contribution < -0.4 is 0 Å². The predicted octanol–water partition coefficient (Wildman–Crippen LogP) is 1.14. The summed E-state index contributed by atoms with van der Waals surface area (Å²) in [5.74, 6) is 0. The lowest BCUT2D eigenvalue weighted by atomic mass is 10.7. The molecule has 0 saturated heterocycles. The average molecular weight is 184 g/mol. The van der Waals surface area contributed by atoms with Gasteiger partial charge in [-0.15, -0.1) is 3.89 Å². The number of hydrogen-bond donors (Lipinski definition) is 0. The van der Waals surface area contributed by atoms with Gasteiger partial charge in [0.05, 0.1) is 0 Å². The Hall–Kier alpha value is -0.400. The zero-order valence-corrected chi connectivity index (χ0v) is 5.01. The summed E-state index contributed by atoms with van der Waals surface area (Å²) in [6.07, 6.45) is -5.69. The zero-order chi connectivity index (χ0) is 8.58. The molecule has 0 aliphatic carbocycles. The molecule has 0 radical (unpaired) electrons. The molecular formula is C2HF5O2S. The summed E-state index contributed by atoms with van der Waals surface area (Å²) in [4.78, 5) is 0. The second kappa shape index (κ2) is 2.33. The first-order chi connectivity index (χ1) is 4.15. The normalized spacial score (nSPS) is 16.9. The van der Waals surface area contributed by atoms with Crippen molar-refractivity contribution in [2.45, 2.75) is 11.7 Å². The van der Waals surface area contributed by atoms with Crippen LogP contribution in [0.25, 0.3) is 0 Å². The minimum absolute atomic E-state index is 4.43. The van der Waals surface area contributed by atoms with Crippen LogP contribution in [0.4, 0.5) is 21.4 Å². The van der Waals surface area contributed by atoms with E-state index in [-0.39, 0.29) is 0 Å². The fourth-order valence-electron chi connectivity index (χ4n) is 0.160. The van der Waals surface area contributed by atoms with Crippen LogP contribution in [0.1, 0.15) is 0 Å². The molecule has 2 nitrogen and oxygen atoms in total. The minimum Gasteiger partial charge on any atom is -0.217 e. The molecule has 62 valence electrons. The van der Waals surface area contributed by atoms with Gasteiger partial charge in [0.15, 0.2) is 0 Å². The van der Waals surface area contributed by atoms with E-state index in [0.717, 1.165) is 0 Å². The standard InChI is InChI=1S/C2HF5O2S/c3-1(2(4,5)6)10(7,8)9/h1H/t1-/m0/s1. The first-order valence-electron chi connectivity index (χ1n) is 1.80. The third-order valence-electron chi connectivity index (χ3n) is 0.505. The fourth-order valence-corrected chi connectivity index (χ4v) is 0.479. The Morgan fingerprint density at radius 2 is 1.50 bits per heavy atom. The van der Waals surface area contributed by atoms with E-state index in [9.17, 15) is 29.9 Å². The summed E-state index contributed by atoms with van der Waals surface area (Å²) in [6.45, 7) is 0. The van der Waals surface area contributed by atoms with E-state index < -0.39 is 21.9 Å². The van der Waals surface area contributed by atoms with E-state index in [2.05, 4.69) is 0 Å². The molecule has 0 fully saturated rings. The highest BCUT2D eigenvalue weighted by molar-refractivity contribution is 7.86. The molecule has 0 aliphatic rings. The van der Waals surface area contributed by atoms with Crippen molar-refractivity contribution in [1.82, 2.24) is 0 Å². The maximum Gasteiger partial charge on any atom is 0.437 e. The Balaban J connectivity index is 4.56. The minimum atomic E-state index is -6.15. The zero-order valence-electron chi connectivity index (χ0n) is 4.19. The molecule has 0 rings (SSSR count). The number of rotatable bonds is 1. The van der Waals surface area contributed by atoms with Crippen molar-refractivity contribution >= 4 is 10.2 Å². The molecule has 0 aromatic carbocycles. The summed E-state index contributed by atoms with van der Waals surface area (Å²) in [6, 6.07) is 0. The third-order valence-corrected chi connectivity index (χ3v) is 1.27. The van der Waals surface area contributed by atoms with Crippen LogP contribution in [-0.2, 0) is 10.2 Å². The van der Waals surface area contributed by atoms with Crippen LogP contribution in [0.2, 0.25) is 0 Å². The molecule has 10 heavy (non-hydrogen) atoms. The summed E-state index contributed by atoms with van der Waals surface area (Å²) in [5, 5.41) is 0. The lowest BCUT2D eigenvalue weighted by Gasteiger charge is -2.06. The number of halogens is 5. The van der Waals surface area contributed by atoms with Crippen LogP contribution in [0.3, 0.4) is 0 Å². The van der Waals surface area contributed by atoms with Crippen molar-refractivity contribution < 1.29 is 29.9 Å². The smallest absolute Gasteiger partial charge is 0.217 e. The van der Waals surface area contributed by atoms with E-state index >= 15 is 0 Å². The van der Waals surface area contributed by atoms with Crippen LogP contribution in [0, 0.1) is 0 Å². The van der Waals surface area contributed by atoms with Crippen molar-refractivity contribution in [3.8, 4) is 0 Å². The van der Waals surface area contributed by atoms with Gasteiger partial charge in [-0.05, 0) is 0 Å². The van der Waals surface area contributed by atoms with E-state index in [1.807, 2.05) is 0 Å². The Bertz CT molecular complexity index is 202. The van der Waals surface area contributed by atoms with Crippen LogP contribution in [0.15, 0.2) is 0 Å². The largest absolute Gasteiger partial charge is 0.437 e. The summed E-state index contributed by atoms with van der Waals surface area (Å²) in [5.41, 5.74) is -4.43. The molecule has 0 bridgehead atoms. The molecule has 0 heterocycles. The van der Waals surface area contributed by atoms with Crippen LogP contribution in [-0.4, -0.2) is 20.1 Å². The van der Waals surface area contributed by atoms with Gasteiger partial charge in [-0.1, -0.05) is 0 Å². The lowest BCUT2D eigenvalue weighted by Crippen LogP contribution is -2.29. The van der Waals surface area contributed by atoms with Gasteiger partial charge >= 0.3 is 21.9 Å². The van der Waals surface area contributed by atoms with E-state index in [1.54, 1.807) is 0 Å². The molecule has 0 spiro atoms. The monoisotopic (exact) mass is 184 g/mol. The average Bonchev–Trinajstić information content (AvgIpc) is 1.59. The third kappa shape index (κ3) is 2.46. The van der Waals surface area contributed by atoms with Gasteiger partial charge in [-0.25, -0.2) is 4.39 Å². The molecule has 1 atom stereocenters. The SMILES string of the molecule is O=S(=O)(F)[C@H](F)C(F)(F)F. The highest BCUT2D eigenvalue weighted by Crippen LogP contribution is 2.27. The van der Waals surface area contributed by atoms with E-state index in [1.165, 1.54) is 0 Å². The Labute approximate surface area is 52.9 Å². The molecule has 0 saturated carbocycles. The van der Waals surface area contributed by atoms with Gasteiger partial charge in [0, 0.05) is 0 Å². The Morgan fingerprint density at radius 3 is 1.50 bits per heavy atom. The summed E-state index contributed by atoms with van der Waals surface area (Å²) in [7, 11) is -6.15. The first-order valence-corrected chi connectivity index (χ1v) is 3.24. The van der Waals surface area contributed by atoms with Crippen molar-refractivity contribution in [2.24, 2.45) is 0 Å². The molecule has 0 unspecified atom stereocenters. The van der Waals surface area contributed by atoms with Crippen molar-refractivity contribution in [1.29, 1.82) is 0 Å². The van der Waals surface area contributed by atoms with Gasteiger partial charge in [0.2, 0.25) is 0 Å². The highest BCUT2D eigenvalue weighted by atomic mass is 32.3. The van der Waals surface area contributed by atoms with E-state index in [4.69, 9.17) is 0 Å². The quantitative estimate of drug-likeness (QED) is 0.452. The molecule has 0 amide bonds. The summed E-state index contributed by atoms with van der Waals surface area (Å²) < 4.78 is 73.8. The molecule has 8 heteroatoms. The maximum absolute atomic E-state index is 11.3. The lowest BCUT2D eigenvalue weighted by molar-refractivity contribution is -0.157. The highest BCUT2D eigenvalue weighted by Gasteiger charge is 2.50. The van der Waals surface area contributed by atoms with Crippen molar-refractivity contribution in [3.05, 3.63) is 0 Å². The molecular weight excluding hydrogens is 183 g/mol. The Morgan fingerprint density at radius 1 is 1.20 bits per heavy atom. The molecule has 0 aliphatic heterocycles. The maximum atomic E-state index is 11.3. The molecule has 0 N–H and O–H groups in total. The van der Waals surface area contributed by atoms with Gasteiger partial charge < -0.3 is 0 Å².